The van der Waals surface area contributed by atoms with Gasteiger partial charge in [0.1, 0.15) is 12.7 Å². The van der Waals surface area contributed by atoms with Crippen LogP contribution in [0, 0.1) is 0 Å². The van der Waals surface area contributed by atoms with Crippen molar-refractivity contribution < 1.29 is 4.52 Å². The maximum atomic E-state index is 5.21. The molecule has 0 radical (unpaired) electrons. The molecule has 3 aromatic rings. The van der Waals surface area contributed by atoms with Crippen LogP contribution in [0.2, 0.25) is 0 Å². The Morgan fingerprint density at radius 3 is 3.17 bits per heavy atom. The molecule has 3 heterocycles. The number of hydrogen-bond donors (Lipinski definition) is 0. The zero-order valence-electron chi connectivity index (χ0n) is 9.56. The van der Waals surface area contributed by atoms with Gasteiger partial charge in [0.2, 0.25) is 11.7 Å². The molecule has 0 fully saturated rings. The molecule has 0 unspecified atom stereocenters. The van der Waals surface area contributed by atoms with Crippen LogP contribution in [0.15, 0.2) is 34.7 Å². The van der Waals surface area contributed by atoms with E-state index in [4.69, 9.17) is 4.52 Å². The fourth-order valence-electron chi connectivity index (χ4n) is 1.60. The Morgan fingerprint density at radius 1 is 1.39 bits per heavy atom. The van der Waals surface area contributed by atoms with Crippen LogP contribution in [0.4, 0.5) is 0 Å². The van der Waals surface area contributed by atoms with Crippen molar-refractivity contribution in [3.63, 3.8) is 0 Å². The summed E-state index contributed by atoms with van der Waals surface area (Å²) in [6.07, 6.45) is 4.88. The Hall–Kier alpha value is -2.02. The van der Waals surface area contributed by atoms with E-state index in [2.05, 4.69) is 20.2 Å². The van der Waals surface area contributed by atoms with Gasteiger partial charge in [-0.3, -0.25) is 4.68 Å². The van der Waals surface area contributed by atoms with E-state index in [1.165, 1.54) is 6.33 Å². The van der Waals surface area contributed by atoms with Crippen LogP contribution in [0.3, 0.4) is 0 Å². The van der Waals surface area contributed by atoms with Crippen molar-refractivity contribution in [2.24, 2.45) is 0 Å². The number of rotatable bonds is 5. The first kappa shape index (κ1) is 11.1. The second kappa shape index (κ2) is 5.09. The molecule has 0 aliphatic carbocycles. The summed E-state index contributed by atoms with van der Waals surface area (Å²) in [7, 11) is 0. The second-order valence-corrected chi connectivity index (χ2v) is 4.70. The Balaban J connectivity index is 1.57. The third kappa shape index (κ3) is 2.45. The molecule has 0 saturated carbocycles. The van der Waals surface area contributed by atoms with Gasteiger partial charge >= 0.3 is 0 Å². The van der Waals surface area contributed by atoms with Gasteiger partial charge in [-0.05, 0) is 17.9 Å². The highest BCUT2D eigenvalue weighted by atomic mass is 32.1. The number of aryl methyl sites for hydroxylation is 2. The van der Waals surface area contributed by atoms with E-state index in [1.807, 2.05) is 17.5 Å². The van der Waals surface area contributed by atoms with Crippen molar-refractivity contribution in [2.45, 2.75) is 19.4 Å². The van der Waals surface area contributed by atoms with Crippen LogP contribution in [-0.4, -0.2) is 24.9 Å². The molecule has 0 aliphatic rings. The highest BCUT2D eigenvalue weighted by molar-refractivity contribution is 7.13. The van der Waals surface area contributed by atoms with Crippen LogP contribution < -0.4 is 0 Å². The van der Waals surface area contributed by atoms with Gasteiger partial charge in [0.15, 0.2) is 0 Å². The SMILES string of the molecule is c1csc(-c2noc(CCCn3cncn3)n2)c1. The maximum Gasteiger partial charge on any atom is 0.227 e. The Labute approximate surface area is 107 Å². The minimum atomic E-state index is 0.665. The number of nitrogens with zero attached hydrogens (tertiary/aromatic N) is 5. The van der Waals surface area contributed by atoms with Gasteiger partial charge in [-0.2, -0.15) is 10.1 Å². The van der Waals surface area contributed by atoms with Gasteiger partial charge in [0.25, 0.3) is 0 Å². The molecule has 7 heteroatoms. The largest absolute Gasteiger partial charge is 0.339 e. The summed E-state index contributed by atoms with van der Waals surface area (Å²) in [6.45, 7) is 0.802. The first-order chi connectivity index (χ1) is 8.92. The van der Waals surface area contributed by atoms with Crippen molar-refractivity contribution in [2.75, 3.05) is 0 Å². The topological polar surface area (TPSA) is 69.6 Å². The highest BCUT2D eigenvalue weighted by Gasteiger charge is 2.08. The van der Waals surface area contributed by atoms with Crippen LogP contribution in [0.1, 0.15) is 12.3 Å². The first-order valence-electron chi connectivity index (χ1n) is 5.61. The van der Waals surface area contributed by atoms with E-state index in [-0.39, 0.29) is 0 Å². The molecule has 0 aliphatic heterocycles. The minimum Gasteiger partial charge on any atom is -0.339 e. The van der Waals surface area contributed by atoms with E-state index in [1.54, 1.807) is 22.3 Å². The van der Waals surface area contributed by atoms with E-state index in [9.17, 15) is 0 Å². The van der Waals surface area contributed by atoms with Crippen molar-refractivity contribution in [1.82, 2.24) is 24.9 Å². The number of aromatic nitrogens is 5. The normalized spacial score (nSPS) is 10.9. The lowest BCUT2D eigenvalue weighted by atomic mass is 10.3. The molecule has 92 valence electrons. The molecule has 0 aromatic carbocycles. The summed E-state index contributed by atoms with van der Waals surface area (Å²) in [5, 5.41) is 9.99. The second-order valence-electron chi connectivity index (χ2n) is 3.75. The predicted octanol–water partition coefficient (Wildman–Crippen LogP) is 2.02. The fraction of sp³-hybridized carbons (Fsp3) is 0.273. The molecule has 0 spiro atoms. The predicted molar refractivity (Wildman–Crippen MR) is 66.0 cm³/mol. The van der Waals surface area contributed by atoms with Gasteiger partial charge in [0.05, 0.1) is 4.88 Å². The lowest BCUT2D eigenvalue weighted by molar-refractivity contribution is 0.371. The molecule has 3 rings (SSSR count). The molecule has 0 atom stereocenters. The maximum absolute atomic E-state index is 5.21. The van der Waals surface area contributed by atoms with Gasteiger partial charge in [-0.1, -0.05) is 11.2 Å². The number of thiophene rings is 1. The molecule has 18 heavy (non-hydrogen) atoms. The Bertz CT molecular complexity index is 587. The lowest BCUT2D eigenvalue weighted by Gasteiger charge is -1.96. The summed E-state index contributed by atoms with van der Waals surface area (Å²) < 4.78 is 7.00. The zero-order chi connectivity index (χ0) is 12.2. The third-order valence-electron chi connectivity index (χ3n) is 2.45. The molecule has 3 aromatic heterocycles. The molecule has 0 N–H and O–H groups in total. The standard InChI is InChI=1S/C11H11N5OS/c1(5-16-8-12-7-13-16)4-10-14-11(15-17-10)9-3-2-6-18-9/h2-3,6-8H,1,4-5H2. The summed E-state index contributed by atoms with van der Waals surface area (Å²) in [5.41, 5.74) is 0. The quantitative estimate of drug-likeness (QED) is 0.702. The highest BCUT2D eigenvalue weighted by Crippen LogP contribution is 2.21. The summed E-state index contributed by atoms with van der Waals surface area (Å²) >= 11 is 1.60. The molecular formula is C11H11N5OS. The van der Waals surface area contributed by atoms with E-state index in [0.717, 1.165) is 24.3 Å². The summed E-state index contributed by atoms with van der Waals surface area (Å²) in [6, 6.07) is 3.95. The van der Waals surface area contributed by atoms with Crippen molar-refractivity contribution >= 4 is 11.3 Å². The number of hydrogen-bond acceptors (Lipinski definition) is 6. The lowest BCUT2D eigenvalue weighted by Crippen LogP contribution is -1.99. The van der Waals surface area contributed by atoms with E-state index < -0.39 is 0 Å². The van der Waals surface area contributed by atoms with Gasteiger partial charge in [-0.15, -0.1) is 11.3 Å². The third-order valence-corrected chi connectivity index (χ3v) is 3.32. The fourth-order valence-corrected chi connectivity index (χ4v) is 2.25. The van der Waals surface area contributed by atoms with E-state index >= 15 is 0 Å². The van der Waals surface area contributed by atoms with Crippen molar-refractivity contribution in [3.05, 3.63) is 36.1 Å². The van der Waals surface area contributed by atoms with Gasteiger partial charge in [0, 0.05) is 13.0 Å². The Morgan fingerprint density at radius 2 is 2.39 bits per heavy atom. The smallest absolute Gasteiger partial charge is 0.227 e. The molecule has 0 saturated heterocycles. The molecular weight excluding hydrogens is 250 g/mol. The van der Waals surface area contributed by atoms with Gasteiger partial charge < -0.3 is 4.52 Å². The minimum absolute atomic E-state index is 0.665. The molecule has 0 amide bonds. The van der Waals surface area contributed by atoms with Crippen LogP contribution in [0.5, 0.6) is 0 Å². The Kier molecular flexibility index (Phi) is 3.14. The van der Waals surface area contributed by atoms with E-state index in [0.29, 0.717) is 11.7 Å². The zero-order valence-corrected chi connectivity index (χ0v) is 10.4. The molecule has 6 nitrogen and oxygen atoms in total. The van der Waals surface area contributed by atoms with Crippen LogP contribution in [0.25, 0.3) is 10.7 Å². The van der Waals surface area contributed by atoms with Crippen molar-refractivity contribution in [3.8, 4) is 10.7 Å². The average molecular weight is 261 g/mol. The van der Waals surface area contributed by atoms with Gasteiger partial charge in [-0.25, -0.2) is 4.98 Å². The van der Waals surface area contributed by atoms with Crippen LogP contribution in [-0.2, 0) is 13.0 Å². The van der Waals surface area contributed by atoms with Crippen molar-refractivity contribution in [1.29, 1.82) is 0 Å². The summed E-state index contributed by atoms with van der Waals surface area (Å²) in [5.74, 6) is 1.33. The van der Waals surface area contributed by atoms with Crippen LogP contribution >= 0.6 is 11.3 Å². The summed E-state index contributed by atoms with van der Waals surface area (Å²) in [4.78, 5) is 9.28. The average Bonchev–Trinajstić information content (AvgIpc) is 3.12. The monoisotopic (exact) mass is 261 g/mol. The molecule has 0 bridgehead atoms. The first-order valence-corrected chi connectivity index (χ1v) is 6.48.